The molecule has 1 aliphatic rings. The molecule has 7 heteroatoms. The Hall–Kier alpha value is -0.630. The van der Waals surface area contributed by atoms with E-state index >= 15 is 0 Å². The number of sulfonamides is 1. The lowest BCUT2D eigenvalue weighted by Crippen LogP contribution is -2.43. The molecule has 94 valence electrons. The molecule has 5 nitrogen and oxygen atoms in total. The zero-order chi connectivity index (χ0) is 12.7. The zero-order valence-corrected chi connectivity index (χ0v) is 11.2. The van der Waals surface area contributed by atoms with Crippen molar-refractivity contribution >= 4 is 21.8 Å². The number of nitrogens with zero attached hydrogens (tertiary/aromatic N) is 2. The van der Waals surface area contributed by atoms with Crippen molar-refractivity contribution in [3.05, 3.63) is 24.5 Å². The maximum absolute atomic E-state index is 12.2. The molecule has 0 saturated carbocycles. The summed E-state index contributed by atoms with van der Waals surface area (Å²) < 4.78 is 25.1. The molecule has 1 aromatic heterocycles. The third-order valence-corrected chi connectivity index (χ3v) is 6.01. The van der Waals surface area contributed by atoms with Crippen LogP contribution in [0.15, 0.2) is 29.4 Å². The van der Waals surface area contributed by atoms with Crippen molar-refractivity contribution in [3.63, 3.8) is 0 Å². The Morgan fingerprint density at radius 3 is 2.76 bits per heavy atom. The van der Waals surface area contributed by atoms with Gasteiger partial charge in [-0.3, -0.25) is 4.98 Å². The summed E-state index contributed by atoms with van der Waals surface area (Å²) in [5, 5.41) is 10.0. The van der Waals surface area contributed by atoms with E-state index in [4.69, 9.17) is 0 Å². The molecule has 1 aliphatic heterocycles. The highest BCUT2D eigenvalue weighted by molar-refractivity contribution is 8.02. The first-order chi connectivity index (χ1) is 7.86. The minimum Gasteiger partial charge on any atom is -0.376 e. The van der Waals surface area contributed by atoms with Gasteiger partial charge in [0.1, 0.15) is 11.1 Å². The second-order valence-corrected chi connectivity index (χ2v) is 7.82. The first kappa shape index (κ1) is 12.8. The van der Waals surface area contributed by atoms with Crippen molar-refractivity contribution < 1.29 is 13.5 Å². The molecule has 1 fully saturated rings. The molecule has 0 spiro atoms. The molecule has 0 amide bonds. The molecule has 0 bridgehead atoms. The number of hydrogen-bond acceptors (Lipinski definition) is 5. The van der Waals surface area contributed by atoms with Crippen molar-refractivity contribution in [1.29, 1.82) is 0 Å². The van der Waals surface area contributed by atoms with Crippen LogP contribution in [-0.2, 0) is 10.0 Å². The Labute approximate surface area is 105 Å². The average Bonchev–Trinajstić information content (AvgIpc) is 2.56. The van der Waals surface area contributed by atoms with Gasteiger partial charge in [0.15, 0.2) is 0 Å². The molecule has 17 heavy (non-hydrogen) atoms. The van der Waals surface area contributed by atoms with E-state index in [1.165, 1.54) is 30.2 Å². The van der Waals surface area contributed by atoms with Crippen LogP contribution >= 0.6 is 11.8 Å². The number of hydrogen-bond donors (Lipinski definition) is 1. The SMILES string of the molecule is CC1(C)SCN(S(=O)(=O)c2cccnc2)[C@@H]1O. The van der Waals surface area contributed by atoms with Crippen LogP contribution < -0.4 is 0 Å². The van der Waals surface area contributed by atoms with Gasteiger partial charge in [0.05, 0.1) is 10.6 Å². The van der Waals surface area contributed by atoms with Gasteiger partial charge < -0.3 is 5.11 Å². The number of aliphatic hydroxyl groups is 1. The smallest absolute Gasteiger partial charge is 0.247 e. The van der Waals surface area contributed by atoms with Gasteiger partial charge in [-0.15, -0.1) is 11.8 Å². The first-order valence-electron chi connectivity index (χ1n) is 5.09. The van der Waals surface area contributed by atoms with E-state index in [2.05, 4.69) is 4.98 Å². The van der Waals surface area contributed by atoms with Crippen LogP contribution in [0.4, 0.5) is 0 Å². The van der Waals surface area contributed by atoms with Crippen molar-refractivity contribution in [2.45, 2.75) is 29.7 Å². The molecular weight excluding hydrogens is 260 g/mol. The van der Waals surface area contributed by atoms with E-state index in [0.29, 0.717) is 0 Å². The molecule has 2 rings (SSSR count). The van der Waals surface area contributed by atoms with Crippen LogP contribution in [-0.4, -0.2) is 39.7 Å². The summed E-state index contributed by atoms with van der Waals surface area (Å²) >= 11 is 1.41. The van der Waals surface area contributed by atoms with E-state index in [1.54, 1.807) is 6.07 Å². The van der Waals surface area contributed by atoms with E-state index in [1.807, 2.05) is 13.8 Å². The molecule has 0 aromatic carbocycles. The van der Waals surface area contributed by atoms with E-state index in [9.17, 15) is 13.5 Å². The summed E-state index contributed by atoms with van der Waals surface area (Å²) in [7, 11) is -3.66. The molecule has 1 aromatic rings. The fourth-order valence-electron chi connectivity index (χ4n) is 1.56. The quantitative estimate of drug-likeness (QED) is 0.866. The lowest BCUT2D eigenvalue weighted by Gasteiger charge is -2.25. The number of rotatable bonds is 2. The topological polar surface area (TPSA) is 70.5 Å². The number of aliphatic hydroxyl groups excluding tert-OH is 1. The molecule has 1 saturated heterocycles. The summed E-state index contributed by atoms with van der Waals surface area (Å²) in [6, 6.07) is 3.04. The fraction of sp³-hybridized carbons (Fsp3) is 0.500. The Balaban J connectivity index is 2.36. The first-order valence-corrected chi connectivity index (χ1v) is 7.52. The minimum absolute atomic E-state index is 0.109. The lowest BCUT2D eigenvalue weighted by atomic mass is 10.2. The highest BCUT2D eigenvalue weighted by atomic mass is 32.2. The molecule has 1 atom stereocenters. The van der Waals surface area contributed by atoms with Gasteiger partial charge in [-0.25, -0.2) is 8.42 Å². The number of aromatic nitrogens is 1. The molecule has 1 N–H and O–H groups in total. The number of thioether (sulfide) groups is 1. The maximum Gasteiger partial charge on any atom is 0.247 e. The van der Waals surface area contributed by atoms with Crippen LogP contribution in [0.3, 0.4) is 0 Å². The van der Waals surface area contributed by atoms with Crippen molar-refractivity contribution in [2.24, 2.45) is 0 Å². The highest BCUT2D eigenvalue weighted by Crippen LogP contribution is 2.40. The number of pyridine rings is 1. The molecule has 0 aliphatic carbocycles. The van der Waals surface area contributed by atoms with Gasteiger partial charge in [-0.05, 0) is 26.0 Å². The Kier molecular flexibility index (Phi) is 3.19. The van der Waals surface area contributed by atoms with Gasteiger partial charge in [-0.1, -0.05) is 0 Å². The van der Waals surface area contributed by atoms with Gasteiger partial charge in [0.2, 0.25) is 10.0 Å². The second kappa shape index (κ2) is 4.24. The summed E-state index contributed by atoms with van der Waals surface area (Å²) in [5.74, 6) is 0.255. The van der Waals surface area contributed by atoms with Crippen LogP contribution in [0, 0.1) is 0 Å². The van der Waals surface area contributed by atoms with E-state index in [0.717, 1.165) is 4.31 Å². The molecule has 0 radical (unpaired) electrons. The molecular formula is C10H14N2O3S2. The van der Waals surface area contributed by atoms with Gasteiger partial charge in [0, 0.05) is 12.4 Å². The monoisotopic (exact) mass is 274 g/mol. The van der Waals surface area contributed by atoms with Crippen molar-refractivity contribution in [3.8, 4) is 0 Å². The Morgan fingerprint density at radius 1 is 1.59 bits per heavy atom. The van der Waals surface area contributed by atoms with Gasteiger partial charge >= 0.3 is 0 Å². The van der Waals surface area contributed by atoms with Crippen LogP contribution in [0.2, 0.25) is 0 Å². The predicted octanol–water partition coefficient (Wildman–Crippen LogP) is 0.874. The van der Waals surface area contributed by atoms with Gasteiger partial charge in [-0.2, -0.15) is 4.31 Å². The Bertz CT molecular complexity index is 502. The minimum atomic E-state index is -3.66. The maximum atomic E-state index is 12.2. The summed E-state index contributed by atoms with van der Waals surface area (Å²) in [4.78, 5) is 3.90. The zero-order valence-electron chi connectivity index (χ0n) is 9.57. The summed E-state index contributed by atoms with van der Waals surface area (Å²) in [6.45, 7) is 3.64. The molecule has 2 heterocycles. The normalized spacial score (nSPS) is 25.0. The van der Waals surface area contributed by atoms with E-state index < -0.39 is 21.0 Å². The van der Waals surface area contributed by atoms with Crippen LogP contribution in [0.5, 0.6) is 0 Å². The van der Waals surface area contributed by atoms with Crippen molar-refractivity contribution in [1.82, 2.24) is 9.29 Å². The summed E-state index contributed by atoms with van der Waals surface area (Å²) in [5.41, 5.74) is 0. The highest BCUT2D eigenvalue weighted by Gasteiger charge is 2.46. The van der Waals surface area contributed by atoms with Gasteiger partial charge in [0.25, 0.3) is 0 Å². The van der Waals surface area contributed by atoms with Crippen molar-refractivity contribution in [2.75, 3.05) is 5.88 Å². The predicted molar refractivity (Wildman–Crippen MR) is 65.8 cm³/mol. The third kappa shape index (κ3) is 2.20. The largest absolute Gasteiger partial charge is 0.376 e. The second-order valence-electron chi connectivity index (χ2n) is 4.33. The van der Waals surface area contributed by atoms with Crippen LogP contribution in [0.1, 0.15) is 13.8 Å². The fourth-order valence-corrected chi connectivity index (χ4v) is 4.46. The third-order valence-electron chi connectivity index (χ3n) is 2.70. The van der Waals surface area contributed by atoms with Crippen LogP contribution in [0.25, 0.3) is 0 Å². The van der Waals surface area contributed by atoms with E-state index in [-0.39, 0.29) is 10.8 Å². The standard InChI is InChI=1S/C10H14N2O3S2/c1-10(2)9(13)12(7-16-10)17(14,15)8-4-3-5-11-6-8/h3-6,9,13H,7H2,1-2H3/t9-/m1/s1. The Morgan fingerprint density at radius 2 is 2.29 bits per heavy atom. The average molecular weight is 274 g/mol. The summed E-state index contributed by atoms with van der Waals surface area (Å²) in [6.07, 6.45) is 1.79. The lowest BCUT2D eigenvalue weighted by molar-refractivity contribution is 0.0601. The molecule has 0 unspecified atom stereocenters.